The van der Waals surface area contributed by atoms with E-state index < -0.39 is 9.84 Å². The number of nitrogens with two attached hydrogens (primary N) is 1. The molecule has 0 aromatic rings. The van der Waals surface area contributed by atoms with Crippen molar-refractivity contribution in [1.82, 2.24) is 0 Å². The summed E-state index contributed by atoms with van der Waals surface area (Å²) >= 11 is 0. The summed E-state index contributed by atoms with van der Waals surface area (Å²) in [5.74, 6) is 1.04. The molecule has 4 nitrogen and oxygen atoms in total. The Morgan fingerprint density at radius 1 is 1.11 bits per heavy atom. The maximum atomic E-state index is 12.8. The molecule has 1 saturated heterocycles. The lowest BCUT2D eigenvalue weighted by Crippen LogP contribution is -2.49. The molecule has 0 spiro atoms. The summed E-state index contributed by atoms with van der Waals surface area (Å²) in [4.78, 5) is 0. The van der Waals surface area contributed by atoms with Crippen LogP contribution >= 0.6 is 0 Å². The molecule has 1 heterocycles. The van der Waals surface area contributed by atoms with Crippen molar-refractivity contribution in [2.45, 2.75) is 62.5 Å². The van der Waals surface area contributed by atoms with Crippen LogP contribution < -0.4 is 5.73 Å². The zero-order chi connectivity index (χ0) is 14.0. The number of rotatable bonds is 3. The first-order chi connectivity index (χ1) is 8.93. The second-order valence-electron chi connectivity index (χ2n) is 6.42. The van der Waals surface area contributed by atoms with Gasteiger partial charge in [0.25, 0.3) is 0 Å². The maximum Gasteiger partial charge on any atom is 0.157 e. The average Bonchev–Trinajstić information content (AvgIpc) is 2.39. The molecule has 2 fully saturated rings. The zero-order valence-electron chi connectivity index (χ0n) is 12.0. The normalized spacial score (nSPS) is 34.6. The van der Waals surface area contributed by atoms with Crippen molar-refractivity contribution in [3.8, 4) is 0 Å². The standard InChI is InChI=1S/C14H27NO3S/c1-10(2)11-3-4-13(15)14(9-11)19(16,17)12-5-7-18-8-6-12/h10-14H,3-9,15H2,1-2H3. The fourth-order valence-corrected chi connectivity index (χ4v) is 5.90. The molecule has 112 valence electrons. The van der Waals surface area contributed by atoms with E-state index in [0.717, 1.165) is 19.3 Å². The van der Waals surface area contributed by atoms with Crippen molar-refractivity contribution in [3.05, 3.63) is 0 Å². The highest BCUT2D eigenvalue weighted by Crippen LogP contribution is 2.35. The fourth-order valence-electron chi connectivity index (χ4n) is 3.42. The fraction of sp³-hybridized carbons (Fsp3) is 1.00. The largest absolute Gasteiger partial charge is 0.381 e. The summed E-state index contributed by atoms with van der Waals surface area (Å²) in [5.41, 5.74) is 6.12. The van der Waals surface area contributed by atoms with Gasteiger partial charge in [0.1, 0.15) is 0 Å². The number of hydrogen-bond acceptors (Lipinski definition) is 4. The van der Waals surface area contributed by atoms with Gasteiger partial charge in [-0.1, -0.05) is 13.8 Å². The van der Waals surface area contributed by atoms with Gasteiger partial charge >= 0.3 is 0 Å². The van der Waals surface area contributed by atoms with Gasteiger partial charge in [-0.3, -0.25) is 0 Å². The number of sulfone groups is 1. The highest BCUT2D eigenvalue weighted by molar-refractivity contribution is 7.92. The second kappa shape index (κ2) is 6.10. The van der Waals surface area contributed by atoms with Crippen molar-refractivity contribution in [3.63, 3.8) is 0 Å². The molecule has 0 amide bonds. The van der Waals surface area contributed by atoms with Gasteiger partial charge in [-0.2, -0.15) is 0 Å². The Morgan fingerprint density at radius 2 is 1.74 bits per heavy atom. The third-order valence-corrected chi connectivity index (χ3v) is 7.67. The van der Waals surface area contributed by atoms with Gasteiger partial charge in [0.2, 0.25) is 0 Å². The van der Waals surface area contributed by atoms with Gasteiger partial charge in [0.05, 0.1) is 10.5 Å². The first-order valence-electron chi connectivity index (χ1n) is 7.49. The van der Waals surface area contributed by atoms with Crippen LogP contribution in [-0.4, -0.2) is 38.2 Å². The molecule has 2 N–H and O–H groups in total. The Bertz CT molecular complexity index is 387. The number of ether oxygens (including phenoxy) is 1. The molecule has 3 unspecified atom stereocenters. The maximum absolute atomic E-state index is 12.8. The van der Waals surface area contributed by atoms with Crippen molar-refractivity contribution >= 4 is 9.84 Å². The lowest BCUT2D eigenvalue weighted by Gasteiger charge is -2.38. The monoisotopic (exact) mass is 289 g/mol. The molecule has 3 atom stereocenters. The Labute approximate surface area is 117 Å². The Hall–Kier alpha value is -0.130. The Balaban J connectivity index is 2.12. The van der Waals surface area contributed by atoms with Crippen LogP contribution in [0.2, 0.25) is 0 Å². The van der Waals surface area contributed by atoms with E-state index >= 15 is 0 Å². The first kappa shape index (κ1) is 15.3. The van der Waals surface area contributed by atoms with Crippen LogP contribution in [0.25, 0.3) is 0 Å². The third kappa shape index (κ3) is 3.31. The third-order valence-electron chi connectivity index (χ3n) is 4.88. The van der Waals surface area contributed by atoms with E-state index in [1.807, 2.05) is 0 Å². The lowest BCUT2D eigenvalue weighted by molar-refractivity contribution is 0.0978. The van der Waals surface area contributed by atoms with Gasteiger partial charge in [-0.05, 0) is 43.9 Å². The van der Waals surface area contributed by atoms with Gasteiger partial charge in [0, 0.05) is 19.3 Å². The summed E-state index contributed by atoms with van der Waals surface area (Å²) in [5, 5.41) is -0.569. The predicted octanol–water partition coefficient (Wildman–Crippen LogP) is 1.73. The summed E-state index contributed by atoms with van der Waals surface area (Å²) in [7, 11) is -3.11. The van der Waals surface area contributed by atoms with E-state index in [1.54, 1.807) is 0 Å². The zero-order valence-corrected chi connectivity index (χ0v) is 12.9. The molecule has 0 bridgehead atoms. The number of hydrogen-bond donors (Lipinski definition) is 1. The van der Waals surface area contributed by atoms with Crippen LogP contribution in [0.1, 0.15) is 46.0 Å². The first-order valence-corrected chi connectivity index (χ1v) is 9.10. The van der Waals surface area contributed by atoms with E-state index in [2.05, 4.69) is 13.8 Å². The molecule has 2 rings (SSSR count). The van der Waals surface area contributed by atoms with E-state index in [4.69, 9.17) is 10.5 Å². The van der Waals surface area contributed by atoms with Crippen LogP contribution in [-0.2, 0) is 14.6 Å². The topological polar surface area (TPSA) is 69.4 Å². The van der Waals surface area contributed by atoms with Crippen LogP contribution in [0, 0.1) is 11.8 Å². The SMILES string of the molecule is CC(C)C1CCC(N)C(S(=O)(=O)C2CCOCC2)C1. The molecule has 19 heavy (non-hydrogen) atoms. The van der Waals surface area contributed by atoms with Crippen molar-refractivity contribution < 1.29 is 13.2 Å². The molecule has 2 aliphatic rings. The van der Waals surface area contributed by atoms with Crippen LogP contribution in [0.15, 0.2) is 0 Å². The summed E-state index contributed by atoms with van der Waals surface area (Å²) in [6, 6.07) is -0.178. The van der Waals surface area contributed by atoms with Gasteiger partial charge in [0.15, 0.2) is 9.84 Å². The second-order valence-corrected chi connectivity index (χ2v) is 8.87. The smallest absolute Gasteiger partial charge is 0.157 e. The molecular weight excluding hydrogens is 262 g/mol. The van der Waals surface area contributed by atoms with Crippen molar-refractivity contribution in [2.75, 3.05) is 13.2 Å². The predicted molar refractivity (Wildman–Crippen MR) is 76.7 cm³/mol. The van der Waals surface area contributed by atoms with Gasteiger partial charge < -0.3 is 10.5 Å². The van der Waals surface area contributed by atoms with E-state index in [0.29, 0.717) is 37.9 Å². The van der Waals surface area contributed by atoms with E-state index in [9.17, 15) is 8.42 Å². The quantitative estimate of drug-likeness (QED) is 0.859. The highest BCUT2D eigenvalue weighted by Gasteiger charge is 2.42. The van der Waals surface area contributed by atoms with Crippen molar-refractivity contribution in [2.24, 2.45) is 17.6 Å². The molecule has 0 aromatic carbocycles. The molecule has 1 saturated carbocycles. The lowest BCUT2D eigenvalue weighted by atomic mass is 9.79. The molecule has 0 radical (unpaired) electrons. The minimum atomic E-state index is -3.11. The molecule has 5 heteroatoms. The van der Waals surface area contributed by atoms with Crippen molar-refractivity contribution in [1.29, 1.82) is 0 Å². The minimum Gasteiger partial charge on any atom is -0.381 e. The average molecular weight is 289 g/mol. The van der Waals surface area contributed by atoms with Gasteiger partial charge in [-0.25, -0.2) is 8.42 Å². The summed E-state index contributed by atoms with van der Waals surface area (Å²) < 4.78 is 30.8. The van der Waals surface area contributed by atoms with Gasteiger partial charge in [-0.15, -0.1) is 0 Å². The molecular formula is C14H27NO3S. The molecule has 1 aliphatic carbocycles. The van der Waals surface area contributed by atoms with E-state index in [-0.39, 0.29) is 16.5 Å². The van der Waals surface area contributed by atoms with Crippen LogP contribution in [0.5, 0.6) is 0 Å². The van der Waals surface area contributed by atoms with Crippen LogP contribution in [0.4, 0.5) is 0 Å². The minimum absolute atomic E-state index is 0.178. The van der Waals surface area contributed by atoms with Crippen LogP contribution in [0.3, 0.4) is 0 Å². The van der Waals surface area contributed by atoms with E-state index in [1.165, 1.54) is 0 Å². The summed E-state index contributed by atoms with van der Waals surface area (Å²) in [6.45, 7) is 5.50. The Kier molecular flexibility index (Phi) is 4.90. The highest BCUT2D eigenvalue weighted by atomic mass is 32.2. The molecule has 1 aliphatic heterocycles. The molecule has 0 aromatic heterocycles. The Morgan fingerprint density at radius 3 is 2.32 bits per heavy atom. The summed E-state index contributed by atoms with van der Waals surface area (Å²) in [6.07, 6.45) is 3.93.